The Morgan fingerprint density at radius 3 is 2.55 bits per heavy atom. The topological polar surface area (TPSA) is 117 Å². The van der Waals surface area contributed by atoms with Crippen molar-refractivity contribution in [3.8, 4) is 11.3 Å². The second kappa shape index (κ2) is 8.32. The Bertz CT molecular complexity index is 1030. The first kappa shape index (κ1) is 20.3. The summed E-state index contributed by atoms with van der Waals surface area (Å²) in [6.07, 6.45) is -0.717. The molecule has 29 heavy (non-hydrogen) atoms. The maximum Gasteiger partial charge on any atom is 0.355 e. The molecule has 8 nitrogen and oxygen atoms in total. The van der Waals surface area contributed by atoms with E-state index in [-0.39, 0.29) is 11.6 Å². The minimum atomic E-state index is -0.717. The molecule has 3 N–H and O–H groups in total. The van der Waals surface area contributed by atoms with E-state index < -0.39 is 24.6 Å². The standard InChI is InChI=1S/C21H23N3O5/c1-11-5-7-15(8-6-11)16-9-18(29-24-16)23-17(26)10-28-21(27)20-12(2)19(14(4)25)13(3)22-20/h5-9,14,22,25H,10H2,1-4H3,(H,23,26)/t14-/m0/s1. The molecule has 1 amide bonds. The van der Waals surface area contributed by atoms with Gasteiger partial charge >= 0.3 is 5.97 Å². The Morgan fingerprint density at radius 1 is 1.24 bits per heavy atom. The molecule has 0 aliphatic carbocycles. The van der Waals surface area contributed by atoms with Gasteiger partial charge in [0.2, 0.25) is 5.88 Å². The number of aryl methyl sites for hydroxylation is 2. The number of carbonyl (C=O) groups excluding carboxylic acids is 2. The van der Waals surface area contributed by atoms with Crippen LogP contribution in [0.3, 0.4) is 0 Å². The summed E-state index contributed by atoms with van der Waals surface area (Å²) >= 11 is 0. The number of ether oxygens (including phenoxy) is 1. The zero-order chi connectivity index (χ0) is 21.1. The Labute approximate surface area is 167 Å². The number of rotatable bonds is 6. The SMILES string of the molecule is Cc1ccc(-c2cc(NC(=O)COC(=O)c3[nH]c(C)c([C@H](C)O)c3C)on2)cc1. The zero-order valence-electron chi connectivity index (χ0n) is 16.7. The van der Waals surface area contributed by atoms with Crippen molar-refractivity contribution >= 4 is 17.8 Å². The maximum absolute atomic E-state index is 12.3. The van der Waals surface area contributed by atoms with Crippen LogP contribution < -0.4 is 5.32 Å². The molecular formula is C21H23N3O5. The predicted octanol–water partition coefficient (Wildman–Crippen LogP) is 3.44. The Morgan fingerprint density at radius 2 is 1.93 bits per heavy atom. The number of nitrogens with zero attached hydrogens (tertiary/aromatic N) is 1. The number of hydrogen-bond acceptors (Lipinski definition) is 6. The van der Waals surface area contributed by atoms with Gasteiger partial charge in [-0.25, -0.2) is 4.79 Å². The minimum absolute atomic E-state index is 0.157. The van der Waals surface area contributed by atoms with Crippen LogP contribution >= 0.6 is 0 Å². The number of nitrogens with one attached hydrogen (secondary N) is 2. The van der Waals surface area contributed by atoms with Gasteiger partial charge in [-0.3, -0.25) is 10.1 Å². The molecule has 0 radical (unpaired) electrons. The number of esters is 1. The van der Waals surface area contributed by atoms with E-state index in [1.54, 1.807) is 26.8 Å². The summed E-state index contributed by atoms with van der Waals surface area (Å²) < 4.78 is 10.2. The summed E-state index contributed by atoms with van der Waals surface area (Å²) in [4.78, 5) is 27.3. The van der Waals surface area contributed by atoms with Gasteiger partial charge in [0.1, 0.15) is 11.4 Å². The highest BCUT2D eigenvalue weighted by molar-refractivity contribution is 5.95. The van der Waals surface area contributed by atoms with Crippen molar-refractivity contribution in [1.29, 1.82) is 0 Å². The number of aromatic amines is 1. The molecule has 152 valence electrons. The molecule has 3 aromatic rings. The minimum Gasteiger partial charge on any atom is -0.451 e. The van der Waals surface area contributed by atoms with Gasteiger partial charge in [0, 0.05) is 22.9 Å². The number of hydrogen-bond donors (Lipinski definition) is 3. The Hall–Kier alpha value is -3.39. The van der Waals surface area contributed by atoms with Crippen LogP contribution in [-0.4, -0.2) is 33.7 Å². The van der Waals surface area contributed by atoms with Crippen molar-refractivity contribution in [2.75, 3.05) is 11.9 Å². The number of amides is 1. The largest absolute Gasteiger partial charge is 0.451 e. The van der Waals surface area contributed by atoms with Crippen LogP contribution in [0, 0.1) is 20.8 Å². The number of aliphatic hydroxyl groups is 1. The smallest absolute Gasteiger partial charge is 0.355 e. The number of aliphatic hydroxyl groups excluding tert-OH is 1. The molecule has 8 heteroatoms. The van der Waals surface area contributed by atoms with Crippen LogP contribution in [-0.2, 0) is 9.53 Å². The van der Waals surface area contributed by atoms with E-state index in [2.05, 4.69) is 15.5 Å². The van der Waals surface area contributed by atoms with Gasteiger partial charge in [-0.15, -0.1) is 0 Å². The molecule has 0 aliphatic heterocycles. The molecule has 0 spiro atoms. The second-order valence-corrected chi connectivity index (χ2v) is 6.91. The molecule has 2 heterocycles. The molecule has 0 saturated heterocycles. The molecule has 3 rings (SSSR count). The van der Waals surface area contributed by atoms with E-state index in [0.29, 0.717) is 22.5 Å². The quantitative estimate of drug-likeness (QED) is 0.549. The van der Waals surface area contributed by atoms with Crippen molar-refractivity contribution in [2.45, 2.75) is 33.8 Å². The molecule has 0 bridgehead atoms. The third-order valence-corrected chi connectivity index (χ3v) is 4.57. The number of H-pyrrole nitrogens is 1. The summed E-state index contributed by atoms with van der Waals surface area (Å²) in [5.74, 6) is -1.07. The van der Waals surface area contributed by atoms with E-state index in [4.69, 9.17) is 9.26 Å². The van der Waals surface area contributed by atoms with Crippen molar-refractivity contribution in [3.05, 3.63) is 58.4 Å². The molecule has 0 saturated carbocycles. The lowest BCUT2D eigenvalue weighted by atomic mass is 10.1. The van der Waals surface area contributed by atoms with Crippen LogP contribution in [0.15, 0.2) is 34.9 Å². The first-order valence-corrected chi connectivity index (χ1v) is 9.14. The van der Waals surface area contributed by atoms with Gasteiger partial charge in [-0.05, 0) is 33.3 Å². The van der Waals surface area contributed by atoms with E-state index >= 15 is 0 Å². The number of carbonyl (C=O) groups is 2. The van der Waals surface area contributed by atoms with E-state index in [9.17, 15) is 14.7 Å². The summed E-state index contributed by atoms with van der Waals surface area (Å²) in [6, 6.07) is 9.31. The van der Waals surface area contributed by atoms with Crippen LogP contribution in [0.5, 0.6) is 0 Å². The summed E-state index contributed by atoms with van der Waals surface area (Å²) in [5, 5.41) is 16.2. The van der Waals surface area contributed by atoms with E-state index in [1.807, 2.05) is 31.2 Å². The second-order valence-electron chi connectivity index (χ2n) is 6.91. The fraction of sp³-hybridized carbons (Fsp3) is 0.286. The number of anilines is 1. The summed E-state index contributed by atoms with van der Waals surface area (Å²) in [5.41, 5.74) is 4.71. The first-order valence-electron chi connectivity index (χ1n) is 9.14. The fourth-order valence-electron chi connectivity index (χ4n) is 3.17. The van der Waals surface area contributed by atoms with Gasteiger partial charge in [-0.1, -0.05) is 35.0 Å². The van der Waals surface area contributed by atoms with Crippen molar-refractivity contribution in [3.63, 3.8) is 0 Å². The average Bonchev–Trinajstić information content (AvgIpc) is 3.24. The van der Waals surface area contributed by atoms with Crippen LogP contribution in [0.4, 0.5) is 5.88 Å². The van der Waals surface area contributed by atoms with Crippen molar-refractivity contribution in [2.24, 2.45) is 0 Å². The normalized spacial score (nSPS) is 11.9. The lowest BCUT2D eigenvalue weighted by Gasteiger charge is -2.06. The summed E-state index contributed by atoms with van der Waals surface area (Å²) in [6.45, 7) is 6.59. The zero-order valence-corrected chi connectivity index (χ0v) is 16.7. The van der Waals surface area contributed by atoms with E-state index in [0.717, 1.165) is 11.1 Å². The van der Waals surface area contributed by atoms with Crippen molar-refractivity contribution in [1.82, 2.24) is 10.1 Å². The number of aromatic nitrogens is 2. The van der Waals surface area contributed by atoms with Gasteiger partial charge in [0.15, 0.2) is 6.61 Å². The summed E-state index contributed by atoms with van der Waals surface area (Å²) in [7, 11) is 0. The van der Waals surface area contributed by atoms with Crippen LogP contribution in [0.1, 0.15) is 45.9 Å². The monoisotopic (exact) mass is 397 g/mol. The third-order valence-electron chi connectivity index (χ3n) is 4.57. The van der Waals surface area contributed by atoms with Crippen LogP contribution in [0.2, 0.25) is 0 Å². The molecule has 0 unspecified atom stereocenters. The highest BCUT2D eigenvalue weighted by Gasteiger charge is 2.21. The average molecular weight is 397 g/mol. The lowest BCUT2D eigenvalue weighted by molar-refractivity contribution is -0.119. The lowest BCUT2D eigenvalue weighted by Crippen LogP contribution is -2.21. The van der Waals surface area contributed by atoms with Gasteiger partial charge in [-0.2, -0.15) is 0 Å². The maximum atomic E-state index is 12.3. The highest BCUT2D eigenvalue weighted by atomic mass is 16.5. The van der Waals surface area contributed by atoms with Gasteiger partial charge < -0.3 is 19.4 Å². The predicted molar refractivity (Wildman–Crippen MR) is 106 cm³/mol. The third kappa shape index (κ3) is 4.55. The molecule has 1 atom stereocenters. The van der Waals surface area contributed by atoms with Gasteiger partial charge in [0.25, 0.3) is 5.91 Å². The Balaban J connectivity index is 1.59. The first-order chi connectivity index (χ1) is 13.8. The molecule has 0 aliphatic rings. The number of benzene rings is 1. The molecule has 0 fully saturated rings. The molecule has 1 aromatic carbocycles. The van der Waals surface area contributed by atoms with Crippen LogP contribution in [0.25, 0.3) is 11.3 Å². The van der Waals surface area contributed by atoms with E-state index in [1.165, 1.54) is 0 Å². The fourth-order valence-corrected chi connectivity index (χ4v) is 3.17. The Kier molecular flexibility index (Phi) is 5.84. The van der Waals surface area contributed by atoms with Crippen molar-refractivity contribution < 1.29 is 24.0 Å². The highest BCUT2D eigenvalue weighted by Crippen LogP contribution is 2.25. The molecular weight excluding hydrogens is 374 g/mol. The molecule has 2 aromatic heterocycles. The van der Waals surface area contributed by atoms with Gasteiger partial charge in [0.05, 0.1) is 6.10 Å².